The fourth-order valence-electron chi connectivity index (χ4n) is 1.64. The van der Waals surface area contributed by atoms with Crippen LogP contribution in [0.1, 0.15) is 11.1 Å². The van der Waals surface area contributed by atoms with Gasteiger partial charge in [-0.2, -0.15) is 0 Å². The molecule has 16 heavy (non-hydrogen) atoms. The quantitative estimate of drug-likeness (QED) is 0.795. The highest BCUT2D eigenvalue weighted by Crippen LogP contribution is 2.16. The van der Waals surface area contributed by atoms with Crippen molar-refractivity contribution >= 4 is 5.69 Å². The number of nitrogens with zero attached hydrogens (tertiary/aromatic N) is 1. The maximum atomic E-state index is 9.74. The lowest BCUT2D eigenvalue weighted by Crippen LogP contribution is -2.31. The molecule has 0 aliphatic heterocycles. The second kappa shape index (κ2) is 5.87. The highest BCUT2D eigenvalue weighted by atomic mass is 16.3. The molecule has 90 valence electrons. The average Bonchev–Trinajstić information content (AvgIpc) is 2.18. The van der Waals surface area contributed by atoms with E-state index < -0.39 is 0 Å². The van der Waals surface area contributed by atoms with Crippen molar-refractivity contribution in [3.05, 3.63) is 29.3 Å². The van der Waals surface area contributed by atoms with Gasteiger partial charge in [0.15, 0.2) is 0 Å². The third-order valence-electron chi connectivity index (χ3n) is 2.50. The largest absolute Gasteiger partial charge is 0.390 e. The number of hydrogen-bond acceptors (Lipinski definition) is 3. The molecule has 3 heteroatoms. The minimum Gasteiger partial charge on any atom is -0.390 e. The Hall–Kier alpha value is -1.06. The van der Waals surface area contributed by atoms with Crippen molar-refractivity contribution in [2.45, 2.75) is 20.0 Å². The summed E-state index contributed by atoms with van der Waals surface area (Å²) in [5.41, 5.74) is 3.55. The summed E-state index contributed by atoms with van der Waals surface area (Å²) >= 11 is 0. The predicted octanol–water partition coefficient (Wildman–Crippen LogP) is 1.64. The molecule has 1 aromatic carbocycles. The van der Waals surface area contributed by atoms with Gasteiger partial charge in [0.25, 0.3) is 0 Å². The van der Waals surface area contributed by atoms with Crippen LogP contribution in [-0.2, 0) is 0 Å². The number of aliphatic hydroxyl groups is 1. The van der Waals surface area contributed by atoms with Gasteiger partial charge in [-0.25, -0.2) is 0 Å². The minimum atomic E-state index is -0.338. The van der Waals surface area contributed by atoms with Gasteiger partial charge in [0.1, 0.15) is 0 Å². The Bertz CT molecular complexity index is 337. The maximum Gasteiger partial charge on any atom is 0.0838 e. The van der Waals surface area contributed by atoms with Crippen molar-refractivity contribution in [1.29, 1.82) is 0 Å². The molecular formula is C13H22N2O. The first-order valence-electron chi connectivity index (χ1n) is 5.63. The Morgan fingerprint density at radius 3 is 2.62 bits per heavy atom. The normalized spacial score (nSPS) is 12.9. The lowest BCUT2D eigenvalue weighted by Gasteiger charge is -2.18. The van der Waals surface area contributed by atoms with Gasteiger partial charge >= 0.3 is 0 Å². The molecule has 0 fully saturated rings. The van der Waals surface area contributed by atoms with Crippen LogP contribution in [0, 0.1) is 13.8 Å². The zero-order valence-corrected chi connectivity index (χ0v) is 10.6. The summed E-state index contributed by atoms with van der Waals surface area (Å²) in [4.78, 5) is 1.98. The Labute approximate surface area is 98.1 Å². The van der Waals surface area contributed by atoms with E-state index in [1.54, 1.807) is 0 Å². The fraction of sp³-hybridized carbons (Fsp3) is 0.538. The molecule has 0 radical (unpaired) electrons. The van der Waals surface area contributed by atoms with Crippen molar-refractivity contribution in [2.75, 3.05) is 32.5 Å². The molecule has 0 aromatic heterocycles. The summed E-state index contributed by atoms with van der Waals surface area (Å²) in [6.07, 6.45) is -0.338. The molecule has 0 aliphatic rings. The Morgan fingerprint density at radius 1 is 1.31 bits per heavy atom. The van der Waals surface area contributed by atoms with Crippen LogP contribution in [0.4, 0.5) is 5.69 Å². The van der Waals surface area contributed by atoms with Crippen LogP contribution in [0.15, 0.2) is 18.2 Å². The van der Waals surface area contributed by atoms with E-state index in [9.17, 15) is 5.11 Å². The summed E-state index contributed by atoms with van der Waals surface area (Å²) in [6, 6.07) is 6.30. The number of nitrogens with one attached hydrogen (secondary N) is 1. The second-order valence-electron chi connectivity index (χ2n) is 4.62. The van der Waals surface area contributed by atoms with Crippen LogP contribution in [0.5, 0.6) is 0 Å². The van der Waals surface area contributed by atoms with Crippen LogP contribution in [0.2, 0.25) is 0 Å². The van der Waals surface area contributed by atoms with E-state index in [0.29, 0.717) is 13.1 Å². The van der Waals surface area contributed by atoms with Crippen LogP contribution < -0.4 is 5.32 Å². The summed E-state index contributed by atoms with van der Waals surface area (Å²) in [6.45, 7) is 5.40. The van der Waals surface area contributed by atoms with E-state index >= 15 is 0 Å². The third kappa shape index (κ3) is 4.21. The third-order valence-corrected chi connectivity index (χ3v) is 2.50. The molecule has 2 N–H and O–H groups in total. The van der Waals surface area contributed by atoms with Crippen molar-refractivity contribution in [3.8, 4) is 0 Å². The van der Waals surface area contributed by atoms with E-state index in [-0.39, 0.29) is 6.10 Å². The van der Waals surface area contributed by atoms with Crippen LogP contribution in [0.25, 0.3) is 0 Å². The van der Waals surface area contributed by atoms with Crippen LogP contribution >= 0.6 is 0 Å². The first-order valence-corrected chi connectivity index (χ1v) is 5.63. The number of rotatable bonds is 5. The molecule has 1 unspecified atom stereocenters. The Kier molecular flexibility index (Phi) is 4.77. The lowest BCUT2D eigenvalue weighted by molar-refractivity contribution is 0.148. The molecule has 0 saturated heterocycles. The molecule has 0 heterocycles. The highest BCUT2D eigenvalue weighted by Gasteiger charge is 2.06. The average molecular weight is 222 g/mol. The number of hydrogen-bond donors (Lipinski definition) is 2. The summed E-state index contributed by atoms with van der Waals surface area (Å²) in [5.74, 6) is 0. The number of aryl methyl sites for hydroxylation is 2. The first kappa shape index (κ1) is 13.0. The van der Waals surface area contributed by atoms with Crippen LogP contribution in [0.3, 0.4) is 0 Å². The summed E-state index contributed by atoms with van der Waals surface area (Å²) in [5, 5.41) is 13.0. The van der Waals surface area contributed by atoms with E-state index in [1.165, 1.54) is 11.1 Å². The molecule has 1 aromatic rings. The number of benzene rings is 1. The standard InChI is InChI=1S/C13H22N2O/c1-10-5-6-11(2)13(7-10)14-8-12(16)9-15(3)4/h5-7,12,14,16H,8-9H2,1-4H3. The van der Waals surface area contributed by atoms with Gasteiger partial charge in [0.2, 0.25) is 0 Å². The van der Waals surface area contributed by atoms with Gasteiger partial charge in [0, 0.05) is 18.8 Å². The smallest absolute Gasteiger partial charge is 0.0838 e. The molecule has 1 atom stereocenters. The molecule has 0 amide bonds. The van der Waals surface area contributed by atoms with E-state index in [1.807, 2.05) is 19.0 Å². The van der Waals surface area contributed by atoms with Gasteiger partial charge in [-0.15, -0.1) is 0 Å². The molecular weight excluding hydrogens is 200 g/mol. The zero-order chi connectivity index (χ0) is 12.1. The van der Waals surface area contributed by atoms with Crippen molar-refractivity contribution in [3.63, 3.8) is 0 Å². The monoisotopic (exact) mass is 222 g/mol. The highest BCUT2D eigenvalue weighted by molar-refractivity contribution is 5.52. The van der Waals surface area contributed by atoms with E-state index in [0.717, 1.165) is 5.69 Å². The molecule has 0 saturated carbocycles. The fourth-order valence-corrected chi connectivity index (χ4v) is 1.64. The summed E-state index contributed by atoms with van der Waals surface area (Å²) < 4.78 is 0. The molecule has 3 nitrogen and oxygen atoms in total. The predicted molar refractivity (Wildman–Crippen MR) is 69.0 cm³/mol. The molecule has 0 spiro atoms. The molecule has 0 aliphatic carbocycles. The Balaban J connectivity index is 2.51. The second-order valence-corrected chi connectivity index (χ2v) is 4.62. The van der Waals surface area contributed by atoms with Crippen molar-refractivity contribution < 1.29 is 5.11 Å². The molecule has 0 bridgehead atoms. The maximum absolute atomic E-state index is 9.74. The lowest BCUT2D eigenvalue weighted by atomic mass is 10.1. The van der Waals surface area contributed by atoms with Crippen molar-refractivity contribution in [1.82, 2.24) is 4.90 Å². The number of likely N-dealkylation sites (N-methyl/N-ethyl adjacent to an activating group) is 1. The summed E-state index contributed by atoms with van der Waals surface area (Å²) in [7, 11) is 3.92. The topological polar surface area (TPSA) is 35.5 Å². The SMILES string of the molecule is Cc1ccc(C)c(NCC(O)CN(C)C)c1. The minimum absolute atomic E-state index is 0.338. The van der Waals surface area contributed by atoms with Gasteiger partial charge in [-0.05, 0) is 45.1 Å². The van der Waals surface area contributed by atoms with Gasteiger partial charge in [0.05, 0.1) is 6.10 Å². The first-order chi connectivity index (χ1) is 7.49. The Morgan fingerprint density at radius 2 is 2.00 bits per heavy atom. The van der Waals surface area contributed by atoms with Gasteiger partial charge in [-0.1, -0.05) is 12.1 Å². The molecule has 1 rings (SSSR count). The van der Waals surface area contributed by atoms with Gasteiger partial charge in [-0.3, -0.25) is 0 Å². The van der Waals surface area contributed by atoms with E-state index in [2.05, 4.69) is 37.4 Å². The van der Waals surface area contributed by atoms with E-state index in [4.69, 9.17) is 0 Å². The van der Waals surface area contributed by atoms with Crippen molar-refractivity contribution in [2.24, 2.45) is 0 Å². The zero-order valence-electron chi connectivity index (χ0n) is 10.6. The number of aliphatic hydroxyl groups excluding tert-OH is 1. The van der Waals surface area contributed by atoms with Gasteiger partial charge < -0.3 is 15.3 Å². The van der Waals surface area contributed by atoms with Crippen LogP contribution in [-0.4, -0.2) is 43.3 Å². The number of anilines is 1.